The van der Waals surface area contributed by atoms with E-state index in [-0.39, 0.29) is 12.1 Å². The molecule has 5 rings (SSSR count). The second-order valence-electron chi connectivity index (χ2n) is 9.84. The van der Waals surface area contributed by atoms with Crippen molar-refractivity contribution in [1.29, 1.82) is 0 Å². The van der Waals surface area contributed by atoms with Crippen molar-refractivity contribution in [3.63, 3.8) is 0 Å². The summed E-state index contributed by atoms with van der Waals surface area (Å²) in [5.41, 5.74) is 3.82. The van der Waals surface area contributed by atoms with Crippen LogP contribution in [0, 0.1) is 0 Å². The number of likely N-dealkylation sites (tertiary alicyclic amines) is 1. The van der Waals surface area contributed by atoms with Crippen molar-refractivity contribution in [2.75, 3.05) is 37.7 Å². The highest BCUT2D eigenvalue weighted by Crippen LogP contribution is 2.35. The molecule has 0 spiro atoms. The van der Waals surface area contributed by atoms with Gasteiger partial charge in [0.1, 0.15) is 11.4 Å². The summed E-state index contributed by atoms with van der Waals surface area (Å²) in [6.07, 6.45) is 5.94. The molecule has 2 aromatic heterocycles. The van der Waals surface area contributed by atoms with E-state index in [1.54, 1.807) is 0 Å². The molecule has 0 radical (unpaired) electrons. The van der Waals surface area contributed by atoms with E-state index in [0.717, 1.165) is 76.2 Å². The molecule has 168 valence electrons. The maximum Gasteiger partial charge on any atom is 0.410 e. The second kappa shape index (κ2) is 7.97. The first kappa shape index (κ1) is 20.5. The topological polar surface area (TPSA) is 72.2 Å². The molecule has 2 fully saturated rings. The quantitative estimate of drug-likeness (QED) is 0.730. The summed E-state index contributed by atoms with van der Waals surface area (Å²) in [5.74, 6) is 1.17. The van der Waals surface area contributed by atoms with E-state index in [4.69, 9.17) is 19.6 Å². The molecule has 8 nitrogen and oxygen atoms in total. The van der Waals surface area contributed by atoms with Gasteiger partial charge in [0.2, 0.25) is 0 Å². The third-order valence-electron chi connectivity index (χ3n) is 6.40. The Kier molecular flexibility index (Phi) is 5.28. The number of carbonyl (C=O) groups excluding carboxylic acids is 1. The Balaban J connectivity index is 1.54. The first-order valence-corrected chi connectivity index (χ1v) is 11.6. The van der Waals surface area contributed by atoms with Gasteiger partial charge in [-0.1, -0.05) is 0 Å². The number of aromatic nitrogens is 3. The Hall–Kier alpha value is -2.35. The molecule has 3 aliphatic rings. The number of carbonyl (C=O) groups is 1. The number of amides is 1. The number of piperidine rings is 1. The van der Waals surface area contributed by atoms with Gasteiger partial charge < -0.3 is 14.4 Å². The number of rotatable bonds is 2. The van der Waals surface area contributed by atoms with Gasteiger partial charge in [-0.3, -0.25) is 4.90 Å². The van der Waals surface area contributed by atoms with E-state index >= 15 is 0 Å². The first-order valence-electron chi connectivity index (χ1n) is 11.6. The molecule has 1 atom stereocenters. The predicted molar refractivity (Wildman–Crippen MR) is 118 cm³/mol. The van der Waals surface area contributed by atoms with Crippen LogP contribution < -0.4 is 4.90 Å². The molecular formula is C23H33N5O3. The molecule has 1 unspecified atom stereocenters. The maximum atomic E-state index is 12.9. The fraction of sp³-hybridized carbons (Fsp3) is 0.696. The minimum absolute atomic E-state index is 0.0716. The molecule has 1 aliphatic carbocycles. The average Bonchev–Trinajstić information content (AvgIpc) is 3.37. The molecule has 0 N–H and O–H groups in total. The lowest BCUT2D eigenvalue weighted by atomic mass is 10.00. The van der Waals surface area contributed by atoms with Crippen LogP contribution in [-0.4, -0.2) is 64.0 Å². The summed E-state index contributed by atoms with van der Waals surface area (Å²) < 4.78 is 13.3. The summed E-state index contributed by atoms with van der Waals surface area (Å²) >= 11 is 0. The van der Waals surface area contributed by atoms with Gasteiger partial charge in [0, 0.05) is 37.0 Å². The Labute approximate surface area is 183 Å². The monoisotopic (exact) mass is 427 g/mol. The number of anilines is 1. The summed E-state index contributed by atoms with van der Waals surface area (Å²) in [7, 11) is 0. The van der Waals surface area contributed by atoms with Gasteiger partial charge in [0.15, 0.2) is 5.65 Å². The number of morpholine rings is 1. The second-order valence-corrected chi connectivity index (χ2v) is 9.84. The number of hydrogen-bond donors (Lipinski definition) is 0. The first-order chi connectivity index (χ1) is 14.9. The SMILES string of the molecule is CC(C)(C)OC(=O)N1CCCCC1c1cc2nc3c(c(N4CCOCC4)n2n1)CCC3. The Morgan fingerprint density at radius 1 is 1.13 bits per heavy atom. The standard InChI is InChI=1S/C23H33N5O3/c1-23(2,3)31-22(29)27-10-5-4-9-19(27)18-15-20-24-17-8-6-7-16(17)21(28(20)25-18)26-11-13-30-14-12-26/h15,19H,4-14H2,1-3H3. The molecule has 0 bridgehead atoms. The maximum absolute atomic E-state index is 12.9. The lowest BCUT2D eigenvalue weighted by molar-refractivity contribution is 0.00897. The molecule has 0 aromatic carbocycles. The van der Waals surface area contributed by atoms with Crippen LogP contribution in [0.2, 0.25) is 0 Å². The van der Waals surface area contributed by atoms with Gasteiger partial charge in [-0.15, -0.1) is 0 Å². The minimum Gasteiger partial charge on any atom is -0.444 e. The van der Waals surface area contributed by atoms with E-state index in [0.29, 0.717) is 6.54 Å². The summed E-state index contributed by atoms with van der Waals surface area (Å²) in [4.78, 5) is 22.1. The fourth-order valence-electron chi connectivity index (χ4n) is 5.02. The third kappa shape index (κ3) is 3.97. The van der Waals surface area contributed by atoms with Gasteiger partial charge in [-0.05, 0) is 59.3 Å². The molecule has 1 amide bonds. The summed E-state index contributed by atoms with van der Waals surface area (Å²) in [5, 5.41) is 5.04. The van der Waals surface area contributed by atoms with Crippen LogP contribution in [0.15, 0.2) is 6.07 Å². The van der Waals surface area contributed by atoms with Gasteiger partial charge in [-0.25, -0.2) is 9.78 Å². The number of hydrogen-bond acceptors (Lipinski definition) is 6. The molecular weight excluding hydrogens is 394 g/mol. The number of fused-ring (bicyclic) bond motifs is 2. The zero-order valence-electron chi connectivity index (χ0n) is 18.9. The largest absolute Gasteiger partial charge is 0.444 e. The van der Waals surface area contributed by atoms with Crippen molar-refractivity contribution in [3.05, 3.63) is 23.0 Å². The third-order valence-corrected chi connectivity index (χ3v) is 6.40. The van der Waals surface area contributed by atoms with Crippen LogP contribution in [0.5, 0.6) is 0 Å². The van der Waals surface area contributed by atoms with Gasteiger partial charge in [0.05, 0.1) is 24.9 Å². The zero-order chi connectivity index (χ0) is 21.6. The highest BCUT2D eigenvalue weighted by atomic mass is 16.6. The fourth-order valence-corrected chi connectivity index (χ4v) is 5.02. The van der Waals surface area contributed by atoms with E-state index < -0.39 is 5.60 Å². The number of aryl methyl sites for hydroxylation is 1. The molecule has 0 saturated carbocycles. The van der Waals surface area contributed by atoms with E-state index in [1.807, 2.05) is 30.2 Å². The van der Waals surface area contributed by atoms with Crippen LogP contribution in [0.4, 0.5) is 10.6 Å². The van der Waals surface area contributed by atoms with Crippen molar-refractivity contribution >= 4 is 17.6 Å². The van der Waals surface area contributed by atoms with E-state index in [1.165, 1.54) is 17.1 Å². The lowest BCUT2D eigenvalue weighted by Gasteiger charge is -2.35. The Morgan fingerprint density at radius 2 is 1.94 bits per heavy atom. The molecule has 4 heterocycles. The number of nitrogens with zero attached hydrogens (tertiary/aromatic N) is 5. The van der Waals surface area contributed by atoms with Crippen molar-refractivity contribution in [2.24, 2.45) is 0 Å². The highest BCUT2D eigenvalue weighted by molar-refractivity contribution is 5.69. The van der Waals surface area contributed by atoms with E-state index in [2.05, 4.69) is 11.0 Å². The van der Waals surface area contributed by atoms with Crippen molar-refractivity contribution < 1.29 is 14.3 Å². The van der Waals surface area contributed by atoms with E-state index in [9.17, 15) is 4.79 Å². The van der Waals surface area contributed by atoms with Crippen molar-refractivity contribution in [3.8, 4) is 0 Å². The molecule has 31 heavy (non-hydrogen) atoms. The van der Waals surface area contributed by atoms with Crippen molar-refractivity contribution in [1.82, 2.24) is 19.5 Å². The lowest BCUT2D eigenvalue weighted by Crippen LogP contribution is -2.42. The smallest absolute Gasteiger partial charge is 0.410 e. The molecule has 2 saturated heterocycles. The van der Waals surface area contributed by atoms with Gasteiger partial charge in [-0.2, -0.15) is 9.61 Å². The van der Waals surface area contributed by atoms with Crippen LogP contribution in [-0.2, 0) is 22.3 Å². The Morgan fingerprint density at radius 3 is 2.71 bits per heavy atom. The molecule has 2 aliphatic heterocycles. The molecule has 8 heteroatoms. The number of ether oxygens (including phenoxy) is 2. The van der Waals surface area contributed by atoms with Crippen LogP contribution in [0.25, 0.3) is 5.65 Å². The zero-order valence-corrected chi connectivity index (χ0v) is 18.9. The summed E-state index contributed by atoms with van der Waals surface area (Å²) in [6, 6.07) is 2.01. The Bertz CT molecular complexity index is 974. The normalized spacial score (nSPS) is 22.1. The highest BCUT2D eigenvalue weighted by Gasteiger charge is 2.34. The van der Waals surface area contributed by atoms with Gasteiger partial charge in [0.25, 0.3) is 0 Å². The van der Waals surface area contributed by atoms with Crippen LogP contribution in [0.3, 0.4) is 0 Å². The van der Waals surface area contributed by atoms with Crippen LogP contribution >= 0.6 is 0 Å². The van der Waals surface area contributed by atoms with Gasteiger partial charge >= 0.3 is 6.09 Å². The predicted octanol–water partition coefficient (Wildman–Crippen LogP) is 3.52. The summed E-state index contributed by atoms with van der Waals surface area (Å²) in [6.45, 7) is 9.65. The van der Waals surface area contributed by atoms with Crippen LogP contribution in [0.1, 0.15) is 69.4 Å². The molecule has 2 aromatic rings. The minimum atomic E-state index is -0.510. The van der Waals surface area contributed by atoms with Crippen molar-refractivity contribution in [2.45, 2.75) is 70.9 Å². The average molecular weight is 428 g/mol.